The van der Waals surface area contributed by atoms with E-state index in [9.17, 15) is 4.39 Å². The molecular formula is C12H23F. The van der Waals surface area contributed by atoms with Gasteiger partial charge in [-0.25, -0.2) is 4.39 Å². The summed E-state index contributed by atoms with van der Waals surface area (Å²) < 4.78 is 12.1. The first-order valence-corrected chi connectivity index (χ1v) is 4.78. The van der Waals surface area contributed by atoms with E-state index in [1.807, 2.05) is 27.7 Å². The Bertz CT molecular complexity index is 132. The standard InChI is InChI=1S/C7H11F.C3H6.C2H6/c1-3-5-6-7(8)4-2;1-3-2;1-2/h4-6H,3H2,1-2H3;3H,1H2,2H3;1-2H3/b6-5?,7-4+;;. The Balaban J connectivity index is -0.000000169. The van der Waals surface area contributed by atoms with Crippen LogP contribution >= 0.6 is 0 Å². The molecular weight excluding hydrogens is 163 g/mol. The van der Waals surface area contributed by atoms with Gasteiger partial charge in [-0.15, -0.1) is 6.58 Å². The Kier molecular flexibility index (Phi) is 31.2. The van der Waals surface area contributed by atoms with Crippen molar-refractivity contribution in [3.8, 4) is 0 Å². The Morgan fingerprint density at radius 2 is 1.69 bits per heavy atom. The molecule has 0 radical (unpaired) electrons. The van der Waals surface area contributed by atoms with Crippen LogP contribution in [0.15, 0.2) is 36.7 Å². The predicted octanol–water partition coefficient (Wildman–Crippen LogP) is 5.04. The third kappa shape index (κ3) is 35.2. The van der Waals surface area contributed by atoms with Crippen molar-refractivity contribution in [2.45, 2.75) is 41.0 Å². The maximum Gasteiger partial charge on any atom is 0.118 e. The summed E-state index contributed by atoms with van der Waals surface area (Å²) in [5.74, 6) is -0.160. The van der Waals surface area contributed by atoms with E-state index in [4.69, 9.17) is 0 Å². The SMILES string of the molecule is C/C=C(/F)C=CCC.C=CC.CC. The zero-order valence-electron chi connectivity index (χ0n) is 9.60. The van der Waals surface area contributed by atoms with E-state index in [1.54, 1.807) is 19.1 Å². The van der Waals surface area contributed by atoms with Crippen LogP contribution in [0.2, 0.25) is 0 Å². The Labute approximate surface area is 82.9 Å². The van der Waals surface area contributed by atoms with Crippen LogP contribution in [0.3, 0.4) is 0 Å². The molecule has 0 nitrogen and oxygen atoms in total. The molecule has 0 aliphatic carbocycles. The van der Waals surface area contributed by atoms with Crippen LogP contribution in [0.25, 0.3) is 0 Å². The Morgan fingerprint density at radius 3 is 1.92 bits per heavy atom. The molecule has 0 heterocycles. The van der Waals surface area contributed by atoms with Crippen LogP contribution in [0, 0.1) is 0 Å². The highest BCUT2D eigenvalue weighted by Crippen LogP contribution is 1.97. The molecule has 0 aromatic carbocycles. The Hall–Kier alpha value is -0.850. The molecule has 0 N–H and O–H groups in total. The van der Waals surface area contributed by atoms with Crippen LogP contribution < -0.4 is 0 Å². The fraction of sp³-hybridized carbons (Fsp3) is 0.500. The highest BCUT2D eigenvalue weighted by molar-refractivity contribution is 5.08. The van der Waals surface area contributed by atoms with Crippen LogP contribution in [0.4, 0.5) is 4.39 Å². The largest absolute Gasteiger partial charge is 0.207 e. The van der Waals surface area contributed by atoms with Crippen molar-refractivity contribution in [1.82, 2.24) is 0 Å². The third-order valence-corrected chi connectivity index (χ3v) is 0.789. The van der Waals surface area contributed by atoms with E-state index in [-0.39, 0.29) is 5.83 Å². The first-order chi connectivity index (χ1) is 6.22. The van der Waals surface area contributed by atoms with E-state index in [0.29, 0.717) is 0 Å². The summed E-state index contributed by atoms with van der Waals surface area (Å²) in [6.45, 7) is 12.9. The maximum atomic E-state index is 12.1. The van der Waals surface area contributed by atoms with Gasteiger partial charge in [-0.05, 0) is 26.3 Å². The fourth-order valence-corrected chi connectivity index (χ4v) is 0.327. The highest BCUT2D eigenvalue weighted by atomic mass is 19.1. The average molecular weight is 186 g/mol. The molecule has 0 rings (SSSR count). The van der Waals surface area contributed by atoms with Gasteiger partial charge in [0.1, 0.15) is 5.83 Å². The number of halogens is 1. The van der Waals surface area contributed by atoms with Crippen LogP contribution in [-0.2, 0) is 0 Å². The van der Waals surface area contributed by atoms with Gasteiger partial charge in [-0.3, -0.25) is 0 Å². The van der Waals surface area contributed by atoms with Crippen molar-refractivity contribution in [2.24, 2.45) is 0 Å². The quantitative estimate of drug-likeness (QED) is 0.418. The van der Waals surface area contributed by atoms with Gasteiger partial charge < -0.3 is 0 Å². The molecule has 0 amide bonds. The van der Waals surface area contributed by atoms with Gasteiger partial charge in [0.05, 0.1) is 0 Å². The molecule has 0 bridgehead atoms. The molecule has 13 heavy (non-hydrogen) atoms. The van der Waals surface area contributed by atoms with Gasteiger partial charge >= 0.3 is 0 Å². The number of rotatable bonds is 2. The van der Waals surface area contributed by atoms with Gasteiger partial charge in [0.25, 0.3) is 0 Å². The topological polar surface area (TPSA) is 0 Å². The lowest BCUT2D eigenvalue weighted by Crippen LogP contribution is -1.60. The molecule has 78 valence electrons. The van der Waals surface area contributed by atoms with Gasteiger partial charge in [0.15, 0.2) is 0 Å². The smallest absolute Gasteiger partial charge is 0.118 e. The van der Waals surface area contributed by atoms with Crippen molar-refractivity contribution in [3.05, 3.63) is 36.7 Å². The summed E-state index contributed by atoms with van der Waals surface area (Å²) in [5, 5.41) is 0. The molecule has 0 spiro atoms. The lowest BCUT2D eigenvalue weighted by molar-refractivity contribution is 0.664. The van der Waals surface area contributed by atoms with E-state index in [1.165, 1.54) is 12.2 Å². The zero-order valence-corrected chi connectivity index (χ0v) is 9.60. The molecule has 0 fully saturated rings. The first-order valence-electron chi connectivity index (χ1n) is 4.78. The minimum atomic E-state index is -0.160. The number of hydrogen-bond acceptors (Lipinski definition) is 0. The van der Waals surface area contributed by atoms with Crippen molar-refractivity contribution < 1.29 is 4.39 Å². The molecule has 0 atom stereocenters. The molecule has 0 unspecified atom stereocenters. The fourth-order valence-electron chi connectivity index (χ4n) is 0.327. The molecule has 0 aromatic rings. The predicted molar refractivity (Wildman–Crippen MR) is 61.5 cm³/mol. The highest BCUT2D eigenvalue weighted by Gasteiger charge is 1.77. The van der Waals surface area contributed by atoms with Crippen LogP contribution in [-0.4, -0.2) is 0 Å². The average Bonchev–Trinajstić information content (AvgIpc) is 2.18. The van der Waals surface area contributed by atoms with E-state index in [0.717, 1.165) is 6.42 Å². The maximum absolute atomic E-state index is 12.1. The van der Waals surface area contributed by atoms with Crippen molar-refractivity contribution >= 4 is 0 Å². The van der Waals surface area contributed by atoms with Gasteiger partial charge in [0, 0.05) is 0 Å². The second-order valence-electron chi connectivity index (χ2n) is 1.89. The van der Waals surface area contributed by atoms with E-state index < -0.39 is 0 Å². The lowest BCUT2D eigenvalue weighted by Gasteiger charge is -1.79. The summed E-state index contributed by atoms with van der Waals surface area (Å²) in [6, 6.07) is 0. The summed E-state index contributed by atoms with van der Waals surface area (Å²) >= 11 is 0. The number of hydrogen-bond donors (Lipinski definition) is 0. The van der Waals surface area contributed by atoms with Gasteiger partial charge in [-0.1, -0.05) is 39.0 Å². The van der Waals surface area contributed by atoms with Gasteiger partial charge in [0.2, 0.25) is 0 Å². The van der Waals surface area contributed by atoms with E-state index >= 15 is 0 Å². The summed E-state index contributed by atoms with van der Waals surface area (Å²) in [5.41, 5.74) is 0. The minimum Gasteiger partial charge on any atom is -0.207 e. The molecule has 0 aliphatic heterocycles. The second-order valence-corrected chi connectivity index (χ2v) is 1.89. The first kappa shape index (κ1) is 18.0. The summed E-state index contributed by atoms with van der Waals surface area (Å²) in [7, 11) is 0. The van der Waals surface area contributed by atoms with Crippen molar-refractivity contribution in [3.63, 3.8) is 0 Å². The normalized spacial score (nSPS) is 9.54. The second kappa shape index (κ2) is 22.5. The van der Waals surface area contributed by atoms with Crippen LogP contribution in [0.5, 0.6) is 0 Å². The molecule has 1 heteroatoms. The molecule has 0 aromatic heterocycles. The van der Waals surface area contributed by atoms with E-state index in [2.05, 4.69) is 6.58 Å². The minimum absolute atomic E-state index is 0.160. The monoisotopic (exact) mass is 186 g/mol. The molecule has 0 aliphatic rings. The molecule has 0 saturated heterocycles. The zero-order chi connectivity index (χ0) is 11.1. The van der Waals surface area contributed by atoms with Gasteiger partial charge in [-0.2, -0.15) is 0 Å². The van der Waals surface area contributed by atoms with Crippen LogP contribution in [0.1, 0.15) is 41.0 Å². The summed E-state index contributed by atoms with van der Waals surface area (Å²) in [6.07, 6.45) is 7.34. The van der Waals surface area contributed by atoms with Crippen molar-refractivity contribution in [1.29, 1.82) is 0 Å². The lowest BCUT2D eigenvalue weighted by atomic mass is 10.4. The Morgan fingerprint density at radius 1 is 1.31 bits per heavy atom. The third-order valence-electron chi connectivity index (χ3n) is 0.789. The molecule has 0 saturated carbocycles. The van der Waals surface area contributed by atoms with Crippen molar-refractivity contribution in [2.75, 3.05) is 0 Å². The summed E-state index contributed by atoms with van der Waals surface area (Å²) in [4.78, 5) is 0. The number of allylic oxidation sites excluding steroid dienone is 5.